The summed E-state index contributed by atoms with van der Waals surface area (Å²) in [6, 6.07) is 12.8. The number of nitrogens with zero attached hydrogens (tertiary/aromatic N) is 3. The zero-order valence-electron chi connectivity index (χ0n) is 18.8. The van der Waals surface area contributed by atoms with Crippen LogP contribution in [0.2, 0.25) is 0 Å². The first-order valence-corrected chi connectivity index (χ1v) is 11.7. The van der Waals surface area contributed by atoms with E-state index in [4.69, 9.17) is 14.0 Å². The molecule has 1 aromatic heterocycles. The second kappa shape index (κ2) is 10.9. The van der Waals surface area contributed by atoms with Gasteiger partial charge in [0, 0.05) is 19.7 Å². The van der Waals surface area contributed by atoms with Gasteiger partial charge in [-0.3, -0.25) is 9.59 Å². The number of hydrogen-bond acceptors (Lipinski definition) is 9. The number of aromatic nitrogens is 2. The van der Waals surface area contributed by atoms with Gasteiger partial charge >= 0.3 is 5.97 Å². The Morgan fingerprint density at radius 3 is 2.50 bits per heavy atom. The average Bonchev–Trinajstić information content (AvgIpc) is 3.27. The van der Waals surface area contributed by atoms with Gasteiger partial charge in [-0.1, -0.05) is 17.3 Å². The second-order valence-electron chi connectivity index (χ2n) is 7.07. The van der Waals surface area contributed by atoms with Crippen LogP contribution in [0.1, 0.15) is 19.7 Å². The standard InChI is InChI=1S/C22H24N4O7S/c1-4-31-19-8-6-5-7-18(19)22-24-20(33-25-22)14-32-21(28)13-26(3)34(29,30)17-11-9-16(10-12-17)23-15(2)27/h5-12H,4,13-14H2,1-3H3,(H,23,27). The van der Waals surface area contributed by atoms with Gasteiger partial charge in [0.15, 0.2) is 6.61 Å². The third-order valence-electron chi connectivity index (χ3n) is 4.49. The Kier molecular flexibility index (Phi) is 7.97. The van der Waals surface area contributed by atoms with Crippen molar-refractivity contribution in [2.75, 3.05) is 25.5 Å². The summed E-state index contributed by atoms with van der Waals surface area (Å²) in [5.74, 6) is -0.157. The van der Waals surface area contributed by atoms with Crippen LogP contribution in [0.4, 0.5) is 5.69 Å². The van der Waals surface area contributed by atoms with Gasteiger partial charge in [0.05, 0.1) is 17.1 Å². The lowest BCUT2D eigenvalue weighted by atomic mass is 10.2. The van der Waals surface area contributed by atoms with Crippen molar-refractivity contribution >= 4 is 27.6 Å². The van der Waals surface area contributed by atoms with Crippen molar-refractivity contribution in [1.82, 2.24) is 14.4 Å². The van der Waals surface area contributed by atoms with Gasteiger partial charge in [-0.25, -0.2) is 8.42 Å². The highest BCUT2D eigenvalue weighted by Gasteiger charge is 2.24. The molecule has 1 amide bonds. The number of ether oxygens (including phenoxy) is 2. The fourth-order valence-electron chi connectivity index (χ4n) is 2.90. The third-order valence-corrected chi connectivity index (χ3v) is 6.30. The van der Waals surface area contributed by atoms with Crippen LogP contribution >= 0.6 is 0 Å². The summed E-state index contributed by atoms with van der Waals surface area (Å²) in [6.07, 6.45) is 0. The minimum atomic E-state index is -3.95. The molecule has 3 rings (SSSR count). The molecule has 0 atom stereocenters. The molecule has 180 valence electrons. The second-order valence-corrected chi connectivity index (χ2v) is 9.11. The van der Waals surface area contributed by atoms with E-state index in [2.05, 4.69) is 15.5 Å². The molecule has 34 heavy (non-hydrogen) atoms. The zero-order chi connectivity index (χ0) is 24.7. The van der Waals surface area contributed by atoms with E-state index in [9.17, 15) is 18.0 Å². The maximum atomic E-state index is 12.7. The molecule has 0 bridgehead atoms. The molecular formula is C22H24N4O7S. The first kappa shape index (κ1) is 24.9. The quantitative estimate of drug-likeness (QED) is 0.426. The molecule has 12 heteroatoms. The number of amides is 1. The maximum Gasteiger partial charge on any atom is 0.321 e. The van der Waals surface area contributed by atoms with Gasteiger partial charge in [0.25, 0.3) is 5.89 Å². The molecule has 0 saturated heterocycles. The van der Waals surface area contributed by atoms with Crippen LogP contribution in [0.15, 0.2) is 57.9 Å². The molecule has 1 N–H and O–H groups in total. The largest absolute Gasteiger partial charge is 0.493 e. The summed E-state index contributed by atoms with van der Waals surface area (Å²) < 4.78 is 42.0. The number of hydrogen-bond donors (Lipinski definition) is 1. The number of nitrogens with one attached hydrogen (secondary N) is 1. The van der Waals surface area contributed by atoms with Crippen LogP contribution in [0.3, 0.4) is 0 Å². The van der Waals surface area contributed by atoms with Crippen LogP contribution in [-0.4, -0.2) is 54.9 Å². The molecule has 11 nitrogen and oxygen atoms in total. The van der Waals surface area contributed by atoms with E-state index in [0.717, 1.165) is 4.31 Å². The van der Waals surface area contributed by atoms with Crippen LogP contribution < -0.4 is 10.1 Å². The number of esters is 1. The fourth-order valence-corrected chi connectivity index (χ4v) is 4.02. The van der Waals surface area contributed by atoms with Gasteiger partial charge < -0.3 is 19.3 Å². The molecule has 0 radical (unpaired) electrons. The Bertz CT molecular complexity index is 1260. The van der Waals surface area contributed by atoms with Gasteiger partial charge in [-0.2, -0.15) is 9.29 Å². The number of anilines is 1. The van der Waals surface area contributed by atoms with Crippen LogP contribution in [0.5, 0.6) is 5.75 Å². The van der Waals surface area contributed by atoms with Gasteiger partial charge in [0.1, 0.15) is 12.3 Å². The lowest BCUT2D eigenvalue weighted by molar-refractivity contribution is -0.145. The molecule has 2 aromatic carbocycles. The molecule has 0 fully saturated rings. The number of carbonyl (C=O) groups is 2. The van der Waals surface area contributed by atoms with E-state index >= 15 is 0 Å². The number of benzene rings is 2. The van der Waals surface area contributed by atoms with Gasteiger partial charge in [0.2, 0.25) is 21.8 Å². The Balaban J connectivity index is 1.58. The lowest BCUT2D eigenvalue weighted by Gasteiger charge is -2.16. The molecule has 0 saturated carbocycles. The highest BCUT2D eigenvalue weighted by molar-refractivity contribution is 7.89. The molecule has 3 aromatic rings. The topological polar surface area (TPSA) is 141 Å². The Hall–Kier alpha value is -3.77. The van der Waals surface area contributed by atoms with Crippen molar-refractivity contribution in [3.8, 4) is 17.1 Å². The van der Waals surface area contributed by atoms with E-state index in [-0.39, 0.29) is 29.1 Å². The monoisotopic (exact) mass is 488 g/mol. The Labute approximate surface area is 196 Å². The number of rotatable bonds is 10. The first-order chi connectivity index (χ1) is 16.2. The van der Waals surface area contributed by atoms with E-state index < -0.39 is 22.5 Å². The van der Waals surface area contributed by atoms with Crippen molar-refractivity contribution in [3.05, 3.63) is 54.4 Å². The smallest absolute Gasteiger partial charge is 0.321 e. The predicted octanol–water partition coefficient (Wildman–Crippen LogP) is 2.46. The Morgan fingerprint density at radius 1 is 1.12 bits per heavy atom. The van der Waals surface area contributed by atoms with Crippen LogP contribution in [0, 0.1) is 0 Å². The fraction of sp³-hybridized carbons (Fsp3) is 0.273. The number of sulfonamides is 1. The number of carbonyl (C=O) groups excluding carboxylic acids is 2. The molecule has 0 unspecified atom stereocenters. The van der Waals surface area contributed by atoms with Crippen molar-refractivity contribution in [2.45, 2.75) is 25.3 Å². The van der Waals surface area contributed by atoms with Crippen molar-refractivity contribution in [3.63, 3.8) is 0 Å². The van der Waals surface area contributed by atoms with Crippen LogP contribution in [-0.2, 0) is 31.0 Å². The molecule has 0 aliphatic heterocycles. The first-order valence-electron chi connectivity index (χ1n) is 10.2. The van der Waals surface area contributed by atoms with E-state index in [1.165, 1.54) is 38.2 Å². The lowest BCUT2D eigenvalue weighted by Crippen LogP contribution is -2.33. The van der Waals surface area contributed by atoms with E-state index in [0.29, 0.717) is 23.6 Å². The third kappa shape index (κ3) is 6.17. The zero-order valence-corrected chi connectivity index (χ0v) is 19.7. The molecular weight excluding hydrogens is 464 g/mol. The summed E-state index contributed by atoms with van der Waals surface area (Å²) in [5, 5.41) is 6.43. The highest BCUT2D eigenvalue weighted by Crippen LogP contribution is 2.27. The van der Waals surface area contributed by atoms with Crippen molar-refractivity contribution in [2.24, 2.45) is 0 Å². The summed E-state index contributed by atoms with van der Waals surface area (Å²) in [4.78, 5) is 27.5. The van der Waals surface area contributed by atoms with Crippen LogP contribution in [0.25, 0.3) is 11.4 Å². The summed E-state index contributed by atoms with van der Waals surface area (Å²) in [6.45, 7) is 2.83. The van der Waals surface area contributed by atoms with E-state index in [1.807, 2.05) is 13.0 Å². The molecule has 1 heterocycles. The minimum absolute atomic E-state index is 0.0357. The van der Waals surface area contributed by atoms with Crippen molar-refractivity contribution < 1.29 is 32.0 Å². The average molecular weight is 489 g/mol. The molecule has 0 aliphatic rings. The van der Waals surface area contributed by atoms with Gasteiger partial charge in [-0.15, -0.1) is 0 Å². The maximum absolute atomic E-state index is 12.7. The normalized spacial score (nSPS) is 11.3. The summed E-state index contributed by atoms with van der Waals surface area (Å²) in [5.41, 5.74) is 1.08. The summed E-state index contributed by atoms with van der Waals surface area (Å²) in [7, 11) is -2.69. The Morgan fingerprint density at radius 2 is 1.82 bits per heavy atom. The minimum Gasteiger partial charge on any atom is -0.493 e. The highest BCUT2D eigenvalue weighted by atomic mass is 32.2. The van der Waals surface area contributed by atoms with E-state index in [1.54, 1.807) is 18.2 Å². The summed E-state index contributed by atoms with van der Waals surface area (Å²) >= 11 is 0. The molecule has 0 spiro atoms. The molecule has 0 aliphatic carbocycles. The predicted molar refractivity (Wildman–Crippen MR) is 121 cm³/mol. The number of para-hydroxylation sites is 1. The number of likely N-dealkylation sites (N-methyl/N-ethyl adjacent to an activating group) is 1. The van der Waals surface area contributed by atoms with Crippen molar-refractivity contribution in [1.29, 1.82) is 0 Å². The van der Waals surface area contributed by atoms with Gasteiger partial charge in [-0.05, 0) is 43.3 Å². The SMILES string of the molecule is CCOc1ccccc1-c1noc(COC(=O)CN(C)S(=O)(=O)c2ccc(NC(C)=O)cc2)n1.